The van der Waals surface area contributed by atoms with E-state index < -0.39 is 0 Å². The molecule has 0 bridgehead atoms. The number of rotatable bonds is 3. The van der Waals surface area contributed by atoms with E-state index in [1.807, 2.05) is 12.3 Å². The van der Waals surface area contributed by atoms with E-state index in [9.17, 15) is 9.90 Å². The molecule has 0 aliphatic carbocycles. The Hall–Kier alpha value is -1.81. The molecule has 0 atom stereocenters. The molecule has 2 heterocycles. The number of hydrogen-bond donors (Lipinski definition) is 2. The standard InChI is InChI=1S/C15H18N2O2/c1-2-10-4-3-5-13-11(7-16-15(10)13)6-14(19)17-8-12(18)9-17/h3-5,7,12,16,18H,2,6,8-9H2,1H3. The number of para-hydroxylation sites is 1. The van der Waals surface area contributed by atoms with Crippen LogP contribution in [0.2, 0.25) is 0 Å². The molecule has 0 saturated carbocycles. The fraction of sp³-hybridized carbons (Fsp3) is 0.400. The fourth-order valence-electron chi connectivity index (χ4n) is 2.65. The highest BCUT2D eigenvalue weighted by Gasteiger charge is 2.28. The van der Waals surface area contributed by atoms with Crippen molar-refractivity contribution in [2.75, 3.05) is 13.1 Å². The average molecular weight is 258 g/mol. The number of H-pyrrole nitrogens is 1. The van der Waals surface area contributed by atoms with Gasteiger partial charge in [-0.1, -0.05) is 25.1 Å². The smallest absolute Gasteiger partial charge is 0.227 e. The topological polar surface area (TPSA) is 56.3 Å². The summed E-state index contributed by atoms with van der Waals surface area (Å²) in [5.74, 6) is 0.0908. The molecule has 1 aliphatic rings. The van der Waals surface area contributed by atoms with Crippen LogP contribution in [-0.4, -0.2) is 40.1 Å². The molecular formula is C15H18N2O2. The number of aryl methyl sites for hydroxylation is 1. The van der Waals surface area contributed by atoms with Gasteiger partial charge >= 0.3 is 0 Å². The summed E-state index contributed by atoms with van der Waals surface area (Å²) in [5, 5.41) is 10.4. The van der Waals surface area contributed by atoms with Crippen LogP contribution < -0.4 is 0 Å². The number of nitrogens with zero attached hydrogens (tertiary/aromatic N) is 1. The number of fused-ring (bicyclic) bond motifs is 1. The third kappa shape index (κ3) is 2.12. The van der Waals surface area contributed by atoms with E-state index in [2.05, 4.69) is 24.0 Å². The number of nitrogens with one attached hydrogen (secondary N) is 1. The summed E-state index contributed by atoms with van der Waals surface area (Å²) in [5.41, 5.74) is 3.45. The third-order valence-electron chi connectivity index (χ3n) is 3.82. The van der Waals surface area contributed by atoms with E-state index in [0.717, 1.165) is 22.9 Å². The van der Waals surface area contributed by atoms with Crippen molar-refractivity contribution in [3.63, 3.8) is 0 Å². The number of benzene rings is 1. The Bertz CT molecular complexity index is 612. The predicted molar refractivity (Wildman–Crippen MR) is 74.0 cm³/mol. The summed E-state index contributed by atoms with van der Waals surface area (Å²) < 4.78 is 0. The molecule has 1 amide bonds. The zero-order valence-corrected chi connectivity index (χ0v) is 11.0. The minimum absolute atomic E-state index is 0.0908. The van der Waals surface area contributed by atoms with E-state index in [1.165, 1.54) is 5.56 Å². The lowest BCUT2D eigenvalue weighted by Gasteiger charge is -2.35. The number of amides is 1. The number of aromatic nitrogens is 1. The van der Waals surface area contributed by atoms with E-state index in [4.69, 9.17) is 0 Å². The van der Waals surface area contributed by atoms with E-state index in [-0.39, 0.29) is 12.0 Å². The number of hydrogen-bond acceptors (Lipinski definition) is 2. The molecule has 4 heteroatoms. The van der Waals surface area contributed by atoms with Gasteiger partial charge in [-0.3, -0.25) is 4.79 Å². The van der Waals surface area contributed by atoms with Crippen molar-refractivity contribution < 1.29 is 9.90 Å². The maximum absolute atomic E-state index is 12.0. The van der Waals surface area contributed by atoms with Crippen molar-refractivity contribution in [2.24, 2.45) is 0 Å². The largest absolute Gasteiger partial charge is 0.389 e. The zero-order chi connectivity index (χ0) is 13.4. The van der Waals surface area contributed by atoms with Crippen molar-refractivity contribution in [2.45, 2.75) is 25.9 Å². The summed E-state index contributed by atoms with van der Waals surface area (Å²) >= 11 is 0. The summed E-state index contributed by atoms with van der Waals surface area (Å²) in [4.78, 5) is 17.0. The first-order chi connectivity index (χ1) is 9.19. The quantitative estimate of drug-likeness (QED) is 0.876. The summed E-state index contributed by atoms with van der Waals surface area (Å²) in [7, 11) is 0. The maximum Gasteiger partial charge on any atom is 0.227 e. The minimum Gasteiger partial charge on any atom is -0.389 e. The highest BCUT2D eigenvalue weighted by molar-refractivity contribution is 5.90. The zero-order valence-electron chi connectivity index (χ0n) is 11.0. The molecule has 1 aliphatic heterocycles. The number of carbonyl (C=O) groups excluding carboxylic acids is 1. The van der Waals surface area contributed by atoms with Gasteiger partial charge in [0.05, 0.1) is 12.5 Å². The first kappa shape index (κ1) is 12.2. The second kappa shape index (κ2) is 4.70. The molecule has 1 fully saturated rings. The Morgan fingerprint density at radius 1 is 1.42 bits per heavy atom. The molecule has 0 spiro atoms. The molecule has 1 saturated heterocycles. The Kier molecular flexibility index (Phi) is 3.03. The number of aliphatic hydroxyl groups excluding tert-OH is 1. The highest BCUT2D eigenvalue weighted by atomic mass is 16.3. The number of aromatic amines is 1. The van der Waals surface area contributed by atoms with Crippen molar-refractivity contribution in [3.05, 3.63) is 35.5 Å². The predicted octanol–water partition coefficient (Wildman–Crippen LogP) is 1.48. The normalized spacial score (nSPS) is 15.8. The van der Waals surface area contributed by atoms with Gasteiger partial charge in [0.2, 0.25) is 5.91 Å². The van der Waals surface area contributed by atoms with Gasteiger partial charge in [0.1, 0.15) is 0 Å². The Morgan fingerprint density at radius 3 is 2.89 bits per heavy atom. The van der Waals surface area contributed by atoms with Crippen LogP contribution in [0.5, 0.6) is 0 Å². The SMILES string of the molecule is CCc1cccc2c(CC(=O)N3CC(O)C3)c[nH]c12. The lowest BCUT2D eigenvalue weighted by Crippen LogP contribution is -2.53. The van der Waals surface area contributed by atoms with E-state index in [0.29, 0.717) is 19.5 Å². The molecular weight excluding hydrogens is 240 g/mol. The molecule has 4 nitrogen and oxygen atoms in total. The molecule has 1 aromatic carbocycles. The van der Waals surface area contributed by atoms with Gasteiger partial charge in [0.15, 0.2) is 0 Å². The maximum atomic E-state index is 12.0. The lowest BCUT2D eigenvalue weighted by atomic mass is 10.0. The van der Waals surface area contributed by atoms with E-state index in [1.54, 1.807) is 4.90 Å². The highest BCUT2D eigenvalue weighted by Crippen LogP contribution is 2.23. The molecule has 2 aromatic rings. The van der Waals surface area contributed by atoms with Gasteiger partial charge in [-0.2, -0.15) is 0 Å². The Balaban J connectivity index is 1.83. The second-order valence-electron chi connectivity index (χ2n) is 5.14. The first-order valence-corrected chi connectivity index (χ1v) is 6.72. The minimum atomic E-state index is -0.335. The monoisotopic (exact) mass is 258 g/mol. The van der Waals surface area contributed by atoms with Gasteiger partial charge in [0.25, 0.3) is 0 Å². The van der Waals surface area contributed by atoms with Crippen LogP contribution in [0.1, 0.15) is 18.1 Å². The Labute approximate surface area is 112 Å². The average Bonchev–Trinajstić information content (AvgIpc) is 2.78. The molecule has 2 N–H and O–H groups in total. The molecule has 19 heavy (non-hydrogen) atoms. The molecule has 3 rings (SSSR count). The summed E-state index contributed by atoms with van der Waals surface area (Å²) in [6.45, 7) is 3.07. The van der Waals surface area contributed by atoms with Crippen molar-refractivity contribution in [1.29, 1.82) is 0 Å². The van der Waals surface area contributed by atoms with Gasteiger partial charge in [-0.05, 0) is 17.5 Å². The fourth-order valence-corrected chi connectivity index (χ4v) is 2.65. The van der Waals surface area contributed by atoms with Crippen LogP contribution >= 0.6 is 0 Å². The number of β-amino-alcohol motifs (C(OH)–C–C–N with tert-alkyl or cyclic N) is 1. The van der Waals surface area contributed by atoms with Gasteiger partial charge < -0.3 is 15.0 Å². The molecule has 0 unspecified atom stereocenters. The van der Waals surface area contributed by atoms with Crippen LogP contribution in [0.3, 0.4) is 0 Å². The van der Waals surface area contributed by atoms with Gasteiger partial charge in [-0.15, -0.1) is 0 Å². The van der Waals surface area contributed by atoms with Crippen LogP contribution in [-0.2, 0) is 17.6 Å². The van der Waals surface area contributed by atoms with Crippen LogP contribution in [0, 0.1) is 0 Å². The molecule has 0 radical (unpaired) electrons. The molecule has 100 valence electrons. The first-order valence-electron chi connectivity index (χ1n) is 6.72. The summed E-state index contributed by atoms with van der Waals surface area (Å²) in [6.07, 6.45) is 2.97. The second-order valence-corrected chi connectivity index (χ2v) is 5.14. The molecule has 1 aromatic heterocycles. The van der Waals surface area contributed by atoms with E-state index >= 15 is 0 Å². The number of carbonyl (C=O) groups is 1. The number of likely N-dealkylation sites (tertiary alicyclic amines) is 1. The van der Waals surface area contributed by atoms with Crippen molar-refractivity contribution >= 4 is 16.8 Å². The lowest BCUT2D eigenvalue weighted by molar-refractivity contribution is -0.140. The number of aliphatic hydroxyl groups is 1. The van der Waals surface area contributed by atoms with Gasteiger partial charge in [0, 0.05) is 30.2 Å². The van der Waals surface area contributed by atoms with Crippen LogP contribution in [0.15, 0.2) is 24.4 Å². The van der Waals surface area contributed by atoms with Crippen LogP contribution in [0.25, 0.3) is 10.9 Å². The van der Waals surface area contributed by atoms with Crippen LogP contribution in [0.4, 0.5) is 0 Å². The van der Waals surface area contributed by atoms with Crippen molar-refractivity contribution in [1.82, 2.24) is 9.88 Å². The third-order valence-corrected chi connectivity index (χ3v) is 3.82. The van der Waals surface area contributed by atoms with Gasteiger partial charge in [-0.25, -0.2) is 0 Å². The van der Waals surface area contributed by atoms with Crippen molar-refractivity contribution in [3.8, 4) is 0 Å². The summed E-state index contributed by atoms with van der Waals surface area (Å²) in [6, 6.07) is 6.20. The Morgan fingerprint density at radius 2 is 2.21 bits per heavy atom.